The number of nitriles is 1. The van der Waals surface area contributed by atoms with E-state index in [-0.39, 0.29) is 0 Å². The third-order valence-electron chi connectivity index (χ3n) is 1.59. The summed E-state index contributed by atoms with van der Waals surface area (Å²) >= 11 is 0. The van der Waals surface area contributed by atoms with Gasteiger partial charge >= 0.3 is 0 Å². The molecule has 1 aromatic rings. The van der Waals surface area contributed by atoms with Crippen LogP contribution in [0.25, 0.3) is 0 Å². The van der Waals surface area contributed by atoms with Gasteiger partial charge in [-0.1, -0.05) is 5.59 Å². The van der Waals surface area contributed by atoms with Gasteiger partial charge in [0.2, 0.25) is 0 Å². The molecule has 4 nitrogen and oxygen atoms in total. The maximum Gasteiger partial charge on any atom is 0.149 e. The second kappa shape index (κ2) is 4.45. The number of rotatable bonds is 3. The molecule has 0 bridgehead atoms. The fraction of sp³-hybridized carbons (Fsp3) is 0.222. The summed E-state index contributed by atoms with van der Waals surface area (Å²) in [6.07, 6.45) is 0. The molecule has 1 rings (SSSR count). The van der Waals surface area contributed by atoms with Crippen molar-refractivity contribution >= 4 is 0 Å². The van der Waals surface area contributed by atoms with Gasteiger partial charge in [-0.15, -0.1) is 0 Å². The van der Waals surface area contributed by atoms with E-state index in [0.717, 1.165) is 5.56 Å². The van der Waals surface area contributed by atoms with Crippen LogP contribution in [0.2, 0.25) is 0 Å². The average Bonchev–Trinajstić information content (AvgIpc) is 2.15. The first-order valence-corrected chi connectivity index (χ1v) is 3.87. The summed E-state index contributed by atoms with van der Waals surface area (Å²) in [4.78, 5) is 5.06. The first kappa shape index (κ1) is 9.52. The molecule has 2 N–H and O–H groups in total. The van der Waals surface area contributed by atoms with E-state index in [1.165, 1.54) is 0 Å². The van der Waals surface area contributed by atoms with Crippen LogP contribution in [-0.2, 0) is 0 Å². The summed E-state index contributed by atoms with van der Waals surface area (Å²) in [5.74, 6) is 0.672. The third kappa shape index (κ3) is 2.44. The van der Waals surface area contributed by atoms with Gasteiger partial charge in [0.15, 0.2) is 0 Å². The van der Waals surface area contributed by atoms with Gasteiger partial charge in [0.25, 0.3) is 0 Å². The Morgan fingerprint density at radius 1 is 1.46 bits per heavy atom. The number of hydrazine groups is 1. The van der Waals surface area contributed by atoms with E-state index in [1.54, 1.807) is 25.2 Å². The number of aryl methyl sites for hydroxylation is 1. The molecule has 1 aromatic carbocycles. The van der Waals surface area contributed by atoms with Crippen molar-refractivity contribution < 1.29 is 4.84 Å². The van der Waals surface area contributed by atoms with Crippen LogP contribution in [-0.4, -0.2) is 7.05 Å². The van der Waals surface area contributed by atoms with Crippen LogP contribution in [0.5, 0.6) is 5.75 Å². The summed E-state index contributed by atoms with van der Waals surface area (Å²) in [5.41, 5.74) is 6.69. The van der Waals surface area contributed by atoms with Crippen LogP contribution in [0, 0.1) is 18.3 Å². The number of hydrogen-bond acceptors (Lipinski definition) is 4. The SMILES string of the molecule is CNNOc1ccc(C#N)c(C)c1. The standard InChI is InChI=1S/C9H11N3O/c1-7-5-9(13-12-11-2)4-3-8(7)6-10/h3-5,11-12H,1-2H3. The normalized spacial score (nSPS) is 9.31. The monoisotopic (exact) mass is 177 g/mol. The summed E-state index contributed by atoms with van der Waals surface area (Å²) in [6, 6.07) is 7.34. The zero-order valence-corrected chi connectivity index (χ0v) is 7.59. The molecule has 0 aliphatic heterocycles. The van der Waals surface area contributed by atoms with E-state index < -0.39 is 0 Å². The largest absolute Gasteiger partial charge is 0.394 e. The predicted molar refractivity (Wildman–Crippen MR) is 48.7 cm³/mol. The Labute approximate surface area is 77.1 Å². The molecule has 0 saturated carbocycles. The van der Waals surface area contributed by atoms with Crippen molar-refractivity contribution in [3.63, 3.8) is 0 Å². The molecule has 0 radical (unpaired) electrons. The Morgan fingerprint density at radius 2 is 2.23 bits per heavy atom. The Bertz CT molecular complexity index is 330. The summed E-state index contributed by atoms with van der Waals surface area (Å²) < 4.78 is 0. The maximum absolute atomic E-state index is 8.67. The van der Waals surface area contributed by atoms with Crippen molar-refractivity contribution in [1.29, 1.82) is 5.26 Å². The minimum atomic E-state index is 0.664. The number of hydrogen-bond donors (Lipinski definition) is 2. The molecular formula is C9H11N3O. The number of nitrogens with one attached hydrogen (secondary N) is 2. The van der Waals surface area contributed by atoms with Gasteiger partial charge in [-0.3, -0.25) is 0 Å². The highest BCUT2D eigenvalue weighted by Crippen LogP contribution is 2.15. The molecule has 4 heteroatoms. The second-order valence-corrected chi connectivity index (χ2v) is 2.54. The number of nitrogens with zero attached hydrogens (tertiary/aromatic N) is 1. The summed E-state index contributed by atoms with van der Waals surface area (Å²) in [5, 5.41) is 8.67. The highest BCUT2D eigenvalue weighted by molar-refractivity contribution is 5.41. The molecule has 0 amide bonds. The molecule has 0 atom stereocenters. The van der Waals surface area contributed by atoms with Gasteiger partial charge < -0.3 is 4.84 Å². The molecule has 0 heterocycles. The minimum absolute atomic E-state index is 0.664. The van der Waals surface area contributed by atoms with Crippen molar-refractivity contribution in [2.75, 3.05) is 7.05 Å². The van der Waals surface area contributed by atoms with E-state index in [9.17, 15) is 0 Å². The molecule has 13 heavy (non-hydrogen) atoms. The first-order valence-electron chi connectivity index (χ1n) is 3.87. The Kier molecular flexibility index (Phi) is 3.26. The van der Waals surface area contributed by atoms with Gasteiger partial charge in [0.05, 0.1) is 11.6 Å². The van der Waals surface area contributed by atoms with Gasteiger partial charge in [-0.05, 0) is 30.7 Å². The fourth-order valence-electron chi connectivity index (χ4n) is 0.935. The Morgan fingerprint density at radius 3 is 2.77 bits per heavy atom. The van der Waals surface area contributed by atoms with Crippen LogP contribution < -0.4 is 15.9 Å². The van der Waals surface area contributed by atoms with Crippen LogP contribution in [0.15, 0.2) is 18.2 Å². The lowest BCUT2D eigenvalue weighted by Gasteiger charge is -2.06. The molecule has 0 saturated heterocycles. The minimum Gasteiger partial charge on any atom is -0.394 e. The van der Waals surface area contributed by atoms with Gasteiger partial charge in [-0.25, -0.2) is 5.43 Å². The van der Waals surface area contributed by atoms with E-state index >= 15 is 0 Å². The zero-order valence-electron chi connectivity index (χ0n) is 7.59. The second-order valence-electron chi connectivity index (χ2n) is 2.54. The molecule has 0 unspecified atom stereocenters. The van der Waals surface area contributed by atoms with E-state index in [4.69, 9.17) is 10.1 Å². The highest BCUT2D eigenvalue weighted by atomic mass is 16.7. The lowest BCUT2D eigenvalue weighted by molar-refractivity contribution is 0.160. The molecule has 68 valence electrons. The summed E-state index contributed by atoms with van der Waals surface area (Å²) in [7, 11) is 1.70. The van der Waals surface area contributed by atoms with Crippen LogP contribution in [0.3, 0.4) is 0 Å². The van der Waals surface area contributed by atoms with Crippen LogP contribution in [0.4, 0.5) is 0 Å². The molecule has 0 spiro atoms. The third-order valence-corrected chi connectivity index (χ3v) is 1.59. The van der Waals surface area contributed by atoms with Crippen molar-refractivity contribution in [2.45, 2.75) is 6.92 Å². The molecule has 0 aromatic heterocycles. The van der Waals surface area contributed by atoms with Gasteiger partial charge in [0.1, 0.15) is 5.75 Å². The quantitative estimate of drug-likeness (QED) is 0.673. The maximum atomic E-state index is 8.67. The molecule has 0 aliphatic carbocycles. The predicted octanol–water partition coefficient (Wildman–Crippen LogP) is 0.884. The Hall–Kier alpha value is -1.57. The lowest BCUT2D eigenvalue weighted by atomic mass is 10.1. The van der Waals surface area contributed by atoms with E-state index in [0.29, 0.717) is 11.3 Å². The smallest absolute Gasteiger partial charge is 0.149 e. The lowest BCUT2D eigenvalue weighted by Crippen LogP contribution is -2.30. The molecule has 0 aliphatic rings. The van der Waals surface area contributed by atoms with Crippen molar-refractivity contribution in [1.82, 2.24) is 11.0 Å². The molecular weight excluding hydrogens is 166 g/mol. The van der Waals surface area contributed by atoms with E-state index in [2.05, 4.69) is 17.1 Å². The molecule has 0 fully saturated rings. The van der Waals surface area contributed by atoms with Crippen molar-refractivity contribution in [3.8, 4) is 11.8 Å². The topological polar surface area (TPSA) is 57.1 Å². The van der Waals surface area contributed by atoms with Gasteiger partial charge in [0, 0.05) is 7.05 Å². The highest BCUT2D eigenvalue weighted by Gasteiger charge is 1.99. The van der Waals surface area contributed by atoms with Crippen LogP contribution in [0.1, 0.15) is 11.1 Å². The van der Waals surface area contributed by atoms with Crippen LogP contribution >= 0.6 is 0 Å². The summed E-state index contributed by atoms with van der Waals surface area (Å²) in [6.45, 7) is 1.87. The average molecular weight is 177 g/mol. The Balaban J connectivity index is 2.79. The van der Waals surface area contributed by atoms with Crippen molar-refractivity contribution in [3.05, 3.63) is 29.3 Å². The van der Waals surface area contributed by atoms with E-state index in [1.807, 2.05) is 6.92 Å². The number of benzene rings is 1. The fourth-order valence-corrected chi connectivity index (χ4v) is 0.935. The van der Waals surface area contributed by atoms with Gasteiger partial charge in [-0.2, -0.15) is 5.26 Å². The van der Waals surface area contributed by atoms with Crippen molar-refractivity contribution in [2.24, 2.45) is 0 Å². The zero-order chi connectivity index (χ0) is 9.68. The first-order chi connectivity index (χ1) is 6.27.